The maximum absolute atomic E-state index is 5.98. The van der Waals surface area contributed by atoms with Gasteiger partial charge in [0.2, 0.25) is 0 Å². The zero-order chi connectivity index (χ0) is 13.7. The highest BCUT2D eigenvalue weighted by molar-refractivity contribution is 5.68. The monoisotopic (exact) mass is 263 g/mol. The maximum Gasteiger partial charge on any atom is 0.121 e. The maximum atomic E-state index is 5.98. The number of nitrogens with two attached hydrogens (primary N) is 1. The molecule has 1 aliphatic rings. The number of ether oxygens (including phenoxy) is 1. The molecule has 0 amide bonds. The fourth-order valence-corrected chi connectivity index (χ4v) is 2.56. The average molecular weight is 263 g/mol. The molecule has 0 aromatic heterocycles. The van der Waals surface area contributed by atoms with E-state index in [4.69, 9.17) is 10.5 Å². The summed E-state index contributed by atoms with van der Waals surface area (Å²) in [6.07, 6.45) is 4.02. The van der Waals surface area contributed by atoms with Gasteiger partial charge in [-0.3, -0.25) is 4.90 Å². The van der Waals surface area contributed by atoms with Crippen LogP contribution < -0.4 is 15.8 Å². The Balaban J connectivity index is 1.90. The molecule has 1 saturated heterocycles. The molecule has 1 aliphatic heterocycles. The minimum atomic E-state index is 0.533. The summed E-state index contributed by atoms with van der Waals surface area (Å²) in [6.45, 7) is 5.62. The van der Waals surface area contributed by atoms with Gasteiger partial charge in [0.25, 0.3) is 0 Å². The Bertz CT molecular complexity index is 402. The molecule has 19 heavy (non-hydrogen) atoms. The molecule has 0 spiro atoms. The van der Waals surface area contributed by atoms with Gasteiger partial charge in [0.05, 0.1) is 18.5 Å². The molecule has 3 N–H and O–H groups in total. The van der Waals surface area contributed by atoms with Gasteiger partial charge in [0, 0.05) is 18.7 Å². The van der Waals surface area contributed by atoms with E-state index < -0.39 is 0 Å². The van der Waals surface area contributed by atoms with Crippen molar-refractivity contribution in [3.8, 4) is 5.75 Å². The second-order valence-corrected chi connectivity index (χ2v) is 5.28. The molecule has 1 unspecified atom stereocenters. The molecule has 1 atom stereocenters. The van der Waals surface area contributed by atoms with Crippen LogP contribution in [0.2, 0.25) is 0 Å². The SMILES string of the molecule is COc1ccc(N)c(NCC(C)N2CCCCC2)c1. The standard InChI is InChI=1S/C15H25N3O/c1-12(18-8-4-3-5-9-18)11-17-15-10-13(19-2)6-7-14(15)16/h6-7,10,12,17H,3-5,8-9,11,16H2,1-2H3. The summed E-state index contributed by atoms with van der Waals surface area (Å²) < 4.78 is 5.23. The number of nitrogen functional groups attached to an aromatic ring is 1. The number of nitrogens with zero attached hydrogens (tertiary/aromatic N) is 1. The molecule has 1 aromatic rings. The minimum Gasteiger partial charge on any atom is -0.497 e. The third-order valence-corrected chi connectivity index (χ3v) is 3.86. The number of rotatable bonds is 5. The molecule has 2 rings (SSSR count). The second kappa shape index (κ2) is 6.66. The van der Waals surface area contributed by atoms with Gasteiger partial charge in [-0.2, -0.15) is 0 Å². The first-order valence-corrected chi connectivity index (χ1v) is 7.12. The summed E-state index contributed by atoms with van der Waals surface area (Å²) in [6, 6.07) is 6.26. The van der Waals surface area contributed by atoms with Gasteiger partial charge in [-0.05, 0) is 45.0 Å². The molecule has 4 nitrogen and oxygen atoms in total. The van der Waals surface area contributed by atoms with Gasteiger partial charge >= 0.3 is 0 Å². The summed E-state index contributed by atoms with van der Waals surface area (Å²) in [5, 5.41) is 3.44. The van der Waals surface area contributed by atoms with Crippen LogP contribution in [0.1, 0.15) is 26.2 Å². The number of hydrogen-bond acceptors (Lipinski definition) is 4. The molecule has 0 bridgehead atoms. The summed E-state index contributed by atoms with van der Waals surface area (Å²) >= 11 is 0. The molecule has 1 heterocycles. The molecular weight excluding hydrogens is 238 g/mol. The van der Waals surface area contributed by atoms with Crippen molar-refractivity contribution < 1.29 is 4.74 Å². The van der Waals surface area contributed by atoms with Gasteiger partial charge in [0.1, 0.15) is 5.75 Å². The number of nitrogens with one attached hydrogen (secondary N) is 1. The number of methoxy groups -OCH3 is 1. The Labute approximate surface area is 115 Å². The van der Waals surface area contributed by atoms with E-state index in [0.717, 1.165) is 23.7 Å². The van der Waals surface area contributed by atoms with Gasteiger partial charge in [0.15, 0.2) is 0 Å². The largest absolute Gasteiger partial charge is 0.497 e. The van der Waals surface area contributed by atoms with Crippen LogP contribution in [-0.2, 0) is 0 Å². The van der Waals surface area contributed by atoms with Crippen LogP contribution in [0, 0.1) is 0 Å². The van der Waals surface area contributed by atoms with E-state index in [0.29, 0.717) is 6.04 Å². The summed E-state index contributed by atoms with van der Waals surface area (Å²) in [5.74, 6) is 0.835. The summed E-state index contributed by atoms with van der Waals surface area (Å²) in [7, 11) is 1.67. The van der Waals surface area contributed by atoms with Crippen LogP contribution in [0.4, 0.5) is 11.4 Å². The van der Waals surface area contributed by atoms with Crippen molar-refractivity contribution in [2.45, 2.75) is 32.2 Å². The van der Waals surface area contributed by atoms with Gasteiger partial charge < -0.3 is 15.8 Å². The van der Waals surface area contributed by atoms with E-state index in [-0.39, 0.29) is 0 Å². The molecule has 0 aliphatic carbocycles. The number of likely N-dealkylation sites (tertiary alicyclic amines) is 1. The lowest BCUT2D eigenvalue weighted by molar-refractivity contribution is 0.180. The van der Waals surface area contributed by atoms with E-state index >= 15 is 0 Å². The fraction of sp³-hybridized carbons (Fsp3) is 0.600. The van der Waals surface area contributed by atoms with Crippen molar-refractivity contribution in [1.29, 1.82) is 0 Å². The third-order valence-electron chi connectivity index (χ3n) is 3.86. The van der Waals surface area contributed by atoms with Crippen molar-refractivity contribution in [2.24, 2.45) is 0 Å². The third kappa shape index (κ3) is 3.77. The number of anilines is 2. The number of piperidine rings is 1. The normalized spacial score (nSPS) is 18.0. The lowest BCUT2D eigenvalue weighted by Gasteiger charge is -2.32. The van der Waals surface area contributed by atoms with Crippen LogP contribution in [0.3, 0.4) is 0 Å². The first kappa shape index (κ1) is 14.0. The van der Waals surface area contributed by atoms with E-state index in [1.807, 2.05) is 18.2 Å². The van der Waals surface area contributed by atoms with Crippen LogP contribution in [-0.4, -0.2) is 37.7 Å². The molecule has 106 valence electrons. The minimum absolute atomic E-state index is 0.533. The first-order valence-electron chi connectivity index (χ1n) is 7.12. The smallest absolute Gasteiger partial charge is 0.121 e. The zero-order valence-corrected chi connectivity index (χ0v) is 12.0. The summed E-state index contributed by atoms with van der Waals surface area (Å²) in [5.41, 5.74) is 7.71. The van der Waals surface area contributed by atoms with Crippen LogP contribution in [0.5, 0.6) is 5.75 Å². The van der Waals surface area contributed by atoms with Crippen molar-refractivity contribution >= 4 is 11.4 Å². The molecule has 4 heteroatoms. The van der Waals surface area contributed by atoms with Crippen molar-refractivity contribution in [2.75, 3.05) is 37.8 Å². The van der Waals surface area contributed by atoms with Gasteiger partial charge in [-0.15, -0.1) is 0 Å². The van der Waals surface area contributed by atoms with E-state index in [1.54, 1.807) is 7.11 Å². The second-order valence-electron chi connectivity index (χ2n) is 5.28. The highest BCUT2D eigenvalue weighted by atomic mass is 16.5. The Morgan fingerprint density at radius 3 is 2.74 bits per heavy atom. The quantitative estimate of drug-likeness (QED) is 0.802. The van der Waals surface area contributed by atoms with E-state index in [1.165, 1.54) is 32.4 Å². The Hall–Kier alpha value is -1.42. The highest BCUT2D eigenvalue weighted by Gasteiger charge is 2.16. The van der Waals surface area contributed by atoms with E-state index in [9.17, 15) is 0 Å². The Morgan fingerprint density at radius 1 is 1.32 bits per heavy atom. The van der Waals surface area contributed by atoms with Crippen LogP contribution in [0.15, 0.2) is 18.2 Å². The van der Waals surface area contributed by atoms with Crippen molar-refractivity contribution in [3.63, 3.8) is 0 Å². The van der Waals surface area contributed by atoms with E-state index in [2.05, 4.69) is 17.1 Å². The predicted molar refractivity (Wildman–Crippen MR) is 80.8 cm³/mol. The number of benzene rings is 1. The lowest BCUT2D eigenvalue weighted by atomic mass is 10.1. The lowest BCUT2D eigenvalue weighted by Crippen LogP contribution is -2.41. The average Bonchev–Trinajstić information content (AvgIpc) is 2.47. The molecule has 0 saturated carbocycles. The summed E-state index contributed by atoms with van der Waals surface area (Å²) in [4.78, 5) is 2.55. The first-order chi connectivity index (χ1) is 9.20. The van der Waals surface area contributed by atoms with Crippen molar-refractivity contribution in [3.05, 3.63) is 18.2 Å². The highest BCUT2D eigenvalue weighted by Crippen LogP contribution is 2.24. The molecule has 0 radical (unpaired) electrons. The van der Waals surface area contributed by atoms with Crippen LogP contribution in [0.25, 0.3) is 0 Å². The van der Waals surface area contributed by atoms with Crippen molar-refractivity contribution in [1.82, 2.24) is 4.90 Å². The predicted octanol–water partition coefficient (Wildman–Crippen LogP) is 2.56. The fourth-order valence-electron chi connectivity index (χ4n) is 2.56. The molecular formula is C15H25N3O. The molecule has 1 fully saturated rings. The topological polar surface area (TPSA) is 50.5 Å². The zero-order valence-electron chi connectivity index (χ0n) is 12.0. The Morgan fingerprint density at radius 2 is 2.05 bits per heavy atom. The van der Waals surface area contributed by atoms with Gasteiger partial charge in [-0.25, -0.2) is 0 Å². The Kier molecular flexibility index (Phi) is 4.91. The van der Waals surface area contributed by atoms with Crippen LogP contribution >= 0.6 is 0 Å². The molecule has 1 aromatic carbocycles. The number of hydrogen-bond donors (Lipinski definition) is 2. The van der Waals surface area contributed by atoms with Gasteiger partial charge in [-0.1, -0.05) is 6.42 Å².